The Balaban J connectivity index is 1.91. The highest BCUT2D eigenvalue weighted by molar-refractivity contribution is 9.10. The Morgan fingerprint density at radius 3 is 2.43 bits per heavy atom. The molecule has 0 radical (unpaired) electrons. The minimum absolute atomic E-state index is 0.394. The number of carboxylic acid groups (broad SMARTS) is 1. The van der Waals surface area contributed by atoms with Gasteiger partial charge < -0.3 is 9.84 Å². The van der Waals surface area contributed by atoms with Crippen molar-refractivity contribution < 1.29 is 14.6 Å². The first-order chi connectivity index (χ1) is 10.2. The van der Waals surface area contributed by atoms with E-state index in [-0.39, 0.29) is 0 Å². The molecule has 0 bridgehead atoms. The lowest BCUT2D eigenvalue weighted by molar-refractivity contribution is -0.142. The van der Waals surface area contributed by atoms with E-state index in [4.69, 9.17) is 4.74 Å². The number of carbonyl (C=O) groups is 1. The summed E-state index contributed by atoms with van der Waals surface area (Å²) in [6.07, 6.45) is 0.973. The first-order valence-electron chi connectivity index (χ1n) is 6.81. The van der Waals surface area contributed by atoms with E-state index in [1.54, 1.807) is 0 Å². The molecular formula is C17H17BrO3. The summed E-state index contributed by atoms with van der Waals surface area (Å²) in [6, 6.07) is 17.1. The van der Waals surface area contributed by atoms with Crippen molar-refractivity contribution in [3.05, 3.63) is 64.6 Å². The molecule has 0 saturated carbocycles. The van der Waals surface area contributed by atoms with Crippen LogP contribution in [0, 0.1) is 5.92 Å². The Morgan fingerprint density at radius 1 is 1.10 bits per heavy atom. The summed E-state index contributed by atoms with van der Waals surface area (Å²) in [4.78, 5) is 11.4. The maximum Gasteiger partial charge on any atom is 0.306 e. The molecule has 0 aromatic heterocycles. The molecule has 0 heterocycles. The number of ether oxygens (including phenoxy) is 1. The van der Waals surface area contributed by atoms with Crippen LogP contribution >= 0.6 is 15.9 Å². The third-order valence-corrected chi connectivity index (χ3v) is 4.03. The predicted octanol–water partition coefficient (Wildman–Crippen LogP) is 4.16. The number of hydrogen-bond donors (Lipinski definition) is 1. The van der Waals surface area contributed by atoms with Gasteiger partial charge in [-0.05, 0) is 36.6 Å². The van der Waals surface area contributed by atoms with Crippen LogP contribution in [0.3, 0.4) is 0 Å². The van der Waals surface area contributed by atoms with Gasteiger partial charge in [0.25, 0.3) is 0 Å². The lowest BCUT2D eigenvalue weighted by Crippen LogP contribution is -2.19. The molecule has 110 valence electrons. The summed E-state index contributed by atoms with van der Waals surface area (Å²) in [7, 11) is 0. The second-order valence-corrected chi connectivity index (χ2v) is 5.64. The van der Waals surface area contributed by atoms with Crippen LogP contribution in [0.25, 0.3) is 0 Å². The van der Waals surface area contributed by atoms with Crippen molar-refractivity contribution in [3.63, 3.8) is 0 Å². The zero-order valence-corrected chi connectivity index (χ0v) is 13.1. The van der Waals surface area contributed by atoms with Crippen molar-refractivity contribution in [2.75, 3.05) is 6.61 Å². The molecule has 0 saturated heterocycles. The van der Waals surface area contributed by atoms with E-state index in [2.05, 4.69) is 15.9 Å². The molecule has 2 aromatic carbocycles. The maximum absolute atomic E-state index is 11.4. The third kappa shape index (κ3) is 4.90. The molecule has 1 atom stereocenters. The molecule has 2 aromatic rings. The largest absolute Gasteiger partial charge is 0.494 e. The molecule has 0 amide bonds. The van der Waals surface area contributed by atoms with Gasteiger partial charge >= 0.3 is 5.97 Å². The monoisotopic (exact) mass is 348 g/mol. The maximum atomic E-state index is 11.4. The van der Waals surface area contributed by atoms with E-state index in [0.717, 1.165) is 15.8 Å². The van der Waals surface area contributed by atoms with Gasteiger partial charge in [-0.1, -0.05) is 52.3 Å². The van der Waals surface area contributed by atoms with Gasteiger partial charge in [-0.25, -0.2) is 0 Å². The van der Waals surface area contributed by atoms with E-state index in [1.807, 2.05) is 54.6 Å². The molecule has 0 fully saturated rings. The van der Waals surface area contributed by atoms with Crippen LogP contribution in [0.4, 0.5) is 0 Å². The van der Waals surface area contributed by atoms with Crippen LogP contribution in [-0.4, -0.2) is 17.7 Å². The van der Waals surface area contributed by atoms with E-state index < -0.39 is 11.9 Å². The fraction of sp³-hybridized carbons (Fsp3) is 0.235. The van der Waals surface area contributed by atoms with Crippen molar-refractivity contribution in [2.45, 2.75) is 12.8 Å². The standard InChI is InChI=1S/C17H17BrO3/c18-16-9-5-4-6-13(16)12-14(17(19)20)10-11-21-15-7-2-1-3-8-15/h1-9,14H,10-12H2,(H,19,20). The van der Waals surface area contributed by atoms with E-state index in [1.165, 1.54) is 0 Å². The minimum Gasteiger partial charge on any atom is -0.494 e. The van der Waals surface area contributed by atoms with Gasteiger partial charge in [0.05, 0.1) is 12.5 Å². The number of aliphatic carboxylic acids is 1. The van der Waals surface area contributed by atoms with Gasteiger partial charge in [0.1, 0.15) is 5.75 Å². The average molecular weight is 349 g/mol. The normalized spacial score (nSPS) is 11.9. The van der Waals surface area contributed by atoms with E-state index in [9.17, 15) is 9.90 Å². The Kier molecular flexibility index (Phi) is 5.81. The summed E-state index contributed by atoms with van der Waals surface area (Å²) < 4.78 is 6.52. The SMILES string of the molecule is O=C(O)C(CCOc1ccccc1)Cc1ccccc1Br. The van der Waals surface area contributed by atoms with Gasteiger partial charge in [0.2, 0.25) is 0 Å². The zero-order valence-electron chi connectivity index (χ0n) is 11.5. The molecule has 0 aliphatic rings. The van der Waals surface area contributed by atoms with Crippen LogP contribution in [0.15, 0.2) is 59.1 Å². The van der Waals surface area contributed by atoms with Crippen LogP contribution in [0.5, 0.6) is 5.75 Å². The quantitative estimate of drug-likeness (QED) is 0.816. The molecule has 4 heteroatoms. The molecule has 0 aliphatic heterocycles. The minimum atomic E-state index is -0.789. The highest BCUT2D eigenvalue weighted by atomic mass is 79.9. The summed E-state index contributed by atoms with van der Waals surface area (Å²) >= 11 is 3.45. The molecular weight excluding hydrogens is 332 g/mol. The van der Waals surface area contributed by atoms with Gasteiger partial charge in [0.15, 0.2) is 0 Å². The number of rotatable bonds is 7. The highest BCUT2D eigenvalue weighted by Crippen LogP contribution is 2.21. The van der Waals surface area contributed by atoms with Crippen molar-refractivity contribution in [1.82, 2.24) is 0 Å². The number of halogens is 1. The smallest absolute Gasteiger partial charge is 0.306 e. The van der Waals surface area contributed by atoms with Gasteiger partial charge in [-0.3, -0.25) is 4.79 Å². The molecule has 1 unspecified atom stereocenters. The fourth-order valence-electron chi connectivity index (χ4n) is 2.08. The average Bonchev–Trinajstić information content (AvgIpc) is 2.49. The van der Waals surface area contributed by atoms with Crippen molar-refractivity contribution >= 4 is 21.9 Å². The fourth-order valence-corrected chi connectivity index (χ4v) is 2.52. The van der Waals surface area contributed by atoms with Crippen molar-refractivity contribution in [1.29, 1.82) is 0 Å². The van der Waals surface area contributed by atoms with Crippen LogP contribution in [0.2, 0.25) is 0 Å². The second kappa shape index (κ2) is 7.84. The molecule has 0 spiro atoms. The Hall–Kier alpha value is -1.81. The number of benzene rings is 2. The highest BCUT2D eigenvalue weighted by Gasteiger charge is 2.19. The predicted molar refractivity (Wildman–Crippen MR) is 85.5 cm³/mol. The first kappa shape index (κ1) is 15.6. The van der Waals surface area contributed by atoms with Gasteiger partial charge in [-0.15, -0.1) is 0 Å². The van der Waals surface area contributed by atoms with Crippen LogP contribution in [0.1, 0.15) is 12.0 Å². The van der Waals surface area contributed by atoms with Gasteiger partial charge in [0, 0.05) is 4.47 Å². The van der Waals surface area contributed by atoms with Crippen LogP contribution in [-0.2, 0) is 11.2 Å². The Bertz CT molecular complexity index is 584. The third-order valence-electron chi connectivity index (χ3n) is 3.25. The summed E-state index contributed by atoms with van der Waals surface area (Å²) in [5, 5.41) is 9.35. The number of para-hydroxylation sites is 1. The molecule has 21 heavy (non-hydrogen) atoms. The summed E-state index contributed by atoms with van der Waals surface area (Å²) in [5.74, 6) is -0.475. The lowest BCUT2D eigenvalue weighted by atomic mass is 9.97. The lowest BCUT2D eigenvalue weighted by Gasteiger charge is -2.14. The van der Waals surface area contributed by atoms with Crippen molar-refractivity contribution in [2.24, 2.45) is 5.92 Å². The van der Waals surface area contributed by atoms with E-state index >= 15 is 0 Å². The topological polar surface area (TPSA) is 46.5 Å². The summed E-state index contributed by atoms with van der Waals surface area (Å²) in [5.41, 5.74) is 1.00. The number of hydrogen-bond acceptors (Lipinski definition) is 2. The van der Waals surface area contributed by atoms with Gasteiger partial charge in [-0.2, -0.15) is 0 Å². The Morgan fingerprint density at radius 2 is 1.76 bits per heavy atom. The molecule has 0 aliphatic carbocycles. The van der Waals surface area contributed by atoms with Crippen molar-refractivity contribution in [3.8, 4) is 5.75 Å². The number of carboxylic acids is 1. The zero-order chi connectivity index (χ0) is 15.1. The Labute approximate surface area is 132 Å². The molecule has 3 nitrogen and oxygen atoms in total. The second-order valence-electron chi connectivity index (χ2n) is 4.78. The summed E-state index contributed by atoms with van der Waals surface area (Å²) in [6.45, 7) is 0.394. The van der Waals surface area contributed by atoms with E-state index in [0.29, 0.717) is 19.4 Å². The first-order valence-corrected chi connectivity index (χ1v) is 7.60. The van der Waals surface area contributed by atoms with Crippen LogP contribution < -0.4 is 4.74 Å². The molecule has 2 rings (SSSR count). The molecule has 1 N–H and O–H groups in total.